The van der Waals surface area contributed by atoms with Crippen molar-refractivity contribution in [3.8, 4) is 0 Å². The maximum Gasteiger partial charge on any atom is 0.210 e. The minimum Gasteiger partial charge on any atom is -0.417 e. The summed E-state index contributed by atoms with van der Waals surface area (Å²) in [5.74, 6) is 0. The summed E-state index contributed by atoms with van der Waals surface area (Å²) < 4.78 is 5.37. The molecule has 0 spiro atoms. The third kappa shape index (κ3) is 6.32. The van der Waals surface area contributed by atoms with Crippen LogP contribution in [0, 0.1) is 0 Å². The second-order valence-electron chi connectivity index (χ2n) is 3.35. The van der Waals surface area contributed by atoms with Gasteiger partial charge in [-0.25, -0.2) is 0 Å². The fraction of sp³-hybridized carbons (Fsp3) is 0.778. The molecule has 11 heavy (non-hydrogen) atoms. The maximum absolute atomic E-state index is 5.37. The third-order valence-electron chi connectivity index (χ3n) is 1.77. The molecule has 0 bridgehead atoms. The van der Waals surface area contributed by atoms with Crippen LogP contribution in [0.3, 0.4) is 0 Å². The van der Waals surface area contributed by atoms with E-state index in [-0.39, 0.29) is 0 Å². The van der Waals surface area contributed by atoms with Gasteiger partial charge in [0.1, 0.15) is 0 Å². The molecule has 0 aromatic rings. The van der Waals surface area contributed by atoms with E-state index in [4.69, 9.17) is 4.43 Å². The number of allylic oxidation sites excluding steroid dienone is 1. The second-order valence-corrected chi connectivity index (χ2v) is 7.30. The van der Waals surface area contributed by atoms with Crippen LogP contribution < -0.4 is 0 Å². The molecular weight excluding hydrogens is 152 g/mol. The zero-order chi connectivity index (χ0) is 8.74. The van der Waals surface area contributed by atoms with Gasteiger partial charge in [-0.2, -0.15) is 0 Å². The van der Waals surface area contributed by atoms with E-state index >= 15 is 0 Å². The lowest BCUT2D eigenvalue weighted by Gasteiger charge is -2.13. The molecule has 0 heterocycles. The average Bonchev–Trinajstić information content (AvgIpc) is 1.99. The lowest BCUT2D eigenvalue weighted by molar-refractivity contribution is 0.415. The van der Waals surface area contributed by atoms with Crippen LogP contribution in [0.4, 0.5) is 0 Å². The smallest absolute Gasteiger partial charge is 0.210 e. The molecule has 1 nitrogen and oxygen atoms in total. The SMILES string of the molecule is CCCCC=C[Si](C)(C)OC. The molecule has 0 aliphatic carbocycles. The molecule has 0 aliphatic rings. The van der Waals surface area contributed by atoms with Gasteiger partial charge >= 0.3 is 0 Å². The van der Waals surface area contributed by atoms with Crippen LogP contribution in [0.25, 0.3) is 0 Å². The van der Waals surface area contributed by atoms with Gasteiger partial charge in [0.05, 0.1) is 0 Å². The molecule has 0 rings (SSSR count). The Labute approximate surface area is 71.6 Å². The Hall–Kier alpha value is -0.0831. The van der Waals surface area contributed by atoms with Crippen molar-refractivity contribution in [3.05, 3.63) is 11.8 Å². The minimum absolute atomic E-state index is 1.20. The maximum atomic E-state index is 5.37. The van der Waals surface area contributed by atoms with Gasteiger partial charge < -0.3 is 4.43 Å². The van der Waals surface area contributed by atoms with Gasteiger partial charge in [-0.05, 0) is 19.5 Å². The van der Waals surface area contributed by atoms with Crippen LogP contribution in [0.1, 0.15) is 26.2 Å². The first-order chi connectivity index (χ1) is 5.12. The Bertz CT molecular complexity index is 119. The zero-order valence-corrected chi connectivity index (χ0v) is 9.18. The standard InChI is InChI=1S/C9H20OSi/c1-5-6-7-8-9-11(3,4)10-2/h8-9H,5-7H2,1-4H3. The molecule has 0 aliphatic heterocycles. The average molecular weight is 172 g/mol. The highest BCUT2D eigenvalue weighted by molar-refractivity contribution is 6.76. The summed E-state index contributed by atoms with van der Waals surface area (Å²) in [5.41, 5.74) is 2.27. The molecule has 0 N–H and O–H groups in total. The molecule has 0 aromatic carbocycles. The summed E-state index contributed by atoms with van der Waals surface area (Å²) in [4.78, 5) is 0. The Balaban J connectivity index is 3.55. The van der Waals surface area contributed by atoms with Crippen LogP contribution in [0.2, 0.25) is 13.1 Å². The van der Waals surface area contributed by atoms with Gasteiger partial charge in [-0.1, -0.05) is 31.5 Å². The monoisotopic (exact) mass is 172 g/mol. The zero-order valence-electron chi connectivity index (χ0n) is 8.18. The second kappa shape index (κ2) is 5.55. The lowest BCUT2D eigenvalue weighted by atomic mass is 10.2. The first-order valence-corrected chi connectivity index (χ1v) is 7.34. The number of unbranched alkanes of at least 4 members (excludes halogenated alkanes) is 2. The molecule has 0 fully saturated rings. The fourth-order valence-corrected chi connectivity index (χ4v) is 1.63. The van der Waals surface area contributed by atoms with Crippen molar-refractivity contribution in [2.45, 2.75) is 39.3 Å². The van der Waals surface area contributed by atoms with E-state index in [0.717, 1.165) is 0 Å². The molecule has 0 amide bonds. The van der Waals surface area contributed by atoms with Crippen molar-refractivity contribution in [3.63, 3.8) is 0 Å². The van der Waals surface area contributed by atoms with Gasteiger partial charge in [0.25, 0.3) is 0 Å². The minimum atomic E-state index is -1.41. The van der Waals surface area contributed by atoms with Crippen molar-refractivity contribution >= 4 is 8.32 Å². The summed E-state index contributed by atoms with van der Waals surface area (Å²) in [7, 11) is 0.394. The van der Waals surface area contributed by atoms with E-state index in [9.17, 15) is 0 Å². The van der Waals surface area contributed by atoms with Crippen molar-refractivity contribution in [2.75, 3.05) is 7.11 Å². The number of hydrogen-bond donors (Lipinski definition) is 0. The molecule has 0 aromatic heterocycles. The number of hydrogen-bond acceptors (Lipinski definition) is 1. The lowest BCUT2D eigenvalue weighted by Crippen LogP contribution is -2.25. The summed E-state index contributed by atoms with van der Waals surface area (Å²) in [6, 6.07) is 0. The summed E-state index contributed by atoms with van der Waals surface area (Å²) in [6.07, 6.45) is 6.04. The van der Waals surface area contributed by atoms with E-state index < -0.39 is 8.32 Å². The molecular formula is C9H20OSi. The molecule has 66 valence electrons. The topological polar surface area (TPSA) is 9.23 Å². The quantitative estimate of drug-likeness (QED) is 0.457. The third-order valence-corrected chi connectivity index (χ3v) is 3.86. The largest absolute Gasteiger partial charge is 0.417 e. The highest BCUT2D eigenvalue weighted by Crippen LogP contribution is 2.05. The van der Waals surface area contributed by atoms with Crippen molar-refractivity contribution < 1.29 is 4.43 Å². The van der Waals surface area contributed by atoms with Crippen molar-refractivity contribution in [1.29, 1.82) is 0 Å². The first kappa shape index (κ1) is 10.9. The normalized spacial score (nSPS) is 12.7. The van der Waals surface area contributed by atoms with E-state index in [1.807, 2.05) is 0 Å². The highest BCUT2D eigenvalue weighted by atomic mass is 28.4. The van der Waals surface area contributed by atoms with Crippen LogP contribution in [0.5, 0.6) is 0 Å². The first-order valence-electron chi connectivity index (χ1n) is 4.35. The predicted molar refractivity (Wildman–Crippen MR) is 53.2 cm³/mol. The molecule has 2 heteroatoms. The molecule has 0 saturated carbocycles. The van der Waals surface area contributed by atoms with E-state index in [1.54, 1.807) is 7.11 Å². The predicted octanol–water partition coefficient (Wildman–Crippen LogP) is 3.12. The van der Waals surface area contributed by atoms with Crippen LogP contribution in [0.15, 0.2) is 11.8 Å². The fourth-order valence-electron chi connectivity index (χ4n) is 0.757. The Kier molecular flexibility index (Phi) is 5.51. The molecule has 0 unspecified atom stereocenters. The molecule has 0 radical (unpaired) electrons. The Morgan fingerprint density at radius 1 is 1.36 bits per heavy atom. The van der Waals surface area contributed by atoms with Gasteiger partial charge in [0.2, 0.25) is 8.32 Å². The summed E-state index contributed by atoms with van der Waals surface area (Å²) in [5, 5.41) is 0. The van der Waals surface area contributed by atoms with Crippen LogP contribution in [-0.2, 0) is 4.43 Å². The Morgan fingerprint density at radius 3 is 2.45 bits per heavy atom. The molecule has 0 atom stereocenters. The van der Waals surface area contributed by atoms with Gasteiger partial charge in [0.15, 0.2) is 0 Å². The van der Waals surface area contributed by atoms with Crippen molar-refractivity contribution in [2.24, 2.45) is 0 Å². The summed E-state index contributed by atoms with van der Waals surface area (Å²) >= 11 is 0. The number of rotatable bonds is 5. The van der Waals surface area contributed by atoms with Gasteiger partial charge in [-0.3, -0.25) is 0 Å². The van der Waals surface area contributed by atoms with E-state index in [1.165, 1.54) is 19.3 Å². The Morgan fingerprint density at radius 2 is 2.00 bits per heavy atom. The highest BCUT2D eigenvalue weighted by Gasteiger charge is 2.14. The molecule has 0 saturated heterocycles. The van der Waals surface area contributed by atoms with E-state index in [0.29, 0.717) is 0 Å². The van der Waals surface area contributed by atoms with Gasteiger partial charge in [0, 0.05) is 7.11 Å². The summed E-state index contributed by atoms with van der Waals surface area (Å²) in [6.45, 7) is 6.62. The van der Waals surface area contributed by atoms with Gasteiger partial charge in [-0.15, -0.1) is 0 Å². The van der Waals surface area contributed by atoms with Crippen LogP contribution in [-0.4, -0.2) is 15.4 Å². The van der Waals surface area contributed by atoms with Crippen LogP contribution >= 0.6 is 0 Å². The van der Waals surface area contributed by atoms with E-state index in [2.05, 4.69) is 31.8 Å². The van der Waals surface area contributed by atoms with Crippen molar-refractivity contribution in [1.82, 2.24) is 0 Å².